The first kappa shape index (κ1) is 16.0. The lowest BCUT2D eigenvalue weighted by Gasteiger charge is -2.14. The number of hydrogen-bond donors (Lipinski definition) is 1. The lowest BCUT2D eigenvalue weighted by molar-refractivity contribution is -0.608. The molecule has 0 spiro atoms. The van der Waals surface area contributed by atoms with Gasteiger partial charge in [-0.1, -0.05) is 6.07 Å². The molecule has 1 aliphatic carbocycles. The normalized spacial score (nSPS) is 13.9. The van der Waals surface area contributed by atoms with Crippen molar-refractivity contribution in [3.8, 4) is 0 Å². The quantitative estimate of drug-likeness (QED) is 0.529. The van der Waals surface area contributed by atoms with Crippen LogP contribution >= 0.6 is 0 Å². The highest BCUT2D eigenvalue weighted by atomic mass is 16.6. The minimum absolute atomic E-state index is 0.158. The third-order valence-corrected chi connectivity index (χ3v) is 4.05. The summed E-state index contributed by atoms with van der Waals surface area (Å²) >= 11 is 0. The van der Waals surface area contributed by atoms with Gasteiger partial charge in [0.1, 0.15) is 0 Å². The Morgan fingerprint density at radius 2 is 2.00 bits per heavy atom. The molecule has 0 aliphatic heterocycles. The van der Waals surface area contributed by atoms with Gasteiger partial charge in [0.2, 0.25) is 0 Å². The van der Waals surface area contributed by atoms with E-state index in [-0.39, 0.29) is 5.69 Å². The largest absolute Gasteiger partial charge is 0.618 e. The van der Waals surface area contributed by atoms with E-state index in [2.05, 4.69) is 5.32 Å². The number of carbonyl (C=O) groups excluding carboxylic acids is 2. The number of anilines is 1. The first-order valence-corrected chi connectivity index (χ1v) is 7.86. The maximum absolute atomic E-state index is 12.2. The fraction of sp³-hybridized carbons (Fsp3) is 0.278. The number of ether oxygens (including phenoxy) is 1. The molecular formula is C18H18N2O4. The summed E-state index contributed by atoms with van der Waals surface area (Å²) in [6, 6.07) is 10.2. The number of aryl methyl sites for hydroxylation is 2. The highest BCUT2D eigenvalue weighted by molar-refractivity contribution is 5.96. The minimum Gasteiger partial charge on any atom is -0.618 e. The Hall–Kier alpha value is -2.89. The number of benzene rings is 1. The summed E-state index contributed by atoms with van der Waals surface area (Å²) in [7, 11) is 0. The van der Waals surface area contributed by atoms with Crippen LogP contribution in [0.25, 0.3) is 0 Å². The van der Waals surface area contributed by atoms with Crippen LogP contribution in [0.5, 0.6) is 0 Å². The van der Waals surface area contributed by atoms with Crippen LogP contribution in [-0.4, -0.2) is 18.0 Å². The summed E-state index contributed by atoms with van der Waals surface area (Å²) in [5.41, 5.74) is 3.09. The number of rotatable bonds is 4. The third kappa shape index (κ3) is 3.37. The smallest absolute Gasteiger partial charge is 0.405 e. The van der Waals surface area contributed by atoms with Gasteiger partial charge < -0.3 is 15.3 Å². The van der Waals surface area contributed by atoms with Crippen molar-refractivity contribution in [2.24, 2.45) is 0 Å². The molecule has 1 aromatic heterocycles. The molecule has 1 aliphatic rings. The standard InChI is InChI=1S/C18H18N2O4/c1-12(24-18(22)16-7-2-3-10-20(16)23)17(21)19-15-9-8-13-5-4-6-14(13)11-15/h2-3,7-12H,4-6H2,1H3,(H,19,21)/t12-/m0/s1. The van der Waals surface area contributed by atoms with Crippen molar-refractivity contribution >= 4 is 17.6 Å². The first-order chi connectivity index (χ1) is 11.5. The Balaban J connectivity index is 1.63. The zero-order valence-electron chi connectivity index (χ0n) is 13.3. The van der Waals surface area contributed by atoms with Crippen molar-refractivity contribution in [3.05, 3.63) is 64.6 Å². The Bertz CT molecular complexity index is 788. The maximum Gasteiger partial charge on any atom is 0.405 e. The molecular weight excluding hydrogens is 308 g/mol. The zero-order chi connectivity index (χ0) is 17.1. The van der Waals surface area contributed by atoms with Gasteiger partial charge in [-0.3, -0.25) is 4.79 Å². The molecule has 0 bridgehead atoms. The molecule has 6 nitrogen and oxygen atoms in total. The Labute approximate surface area is 139 Å². The molecule has 0 fully saturated rings. The van der Waals surface area contributed by atoms with Gasteiger partial charge in [0, 0.05) is 17.8 Å². The minimum atomic E-state index is -1.01. The topological polar surface area (TPSA) is 82.3 Å². The molecule has 0 radical (unpaired) electrons. The van der Waals surface area contributed by atoms with E-state index in [4.69, 9.17) is 4.74 Å². The number of esters is 1. The van der Waals surface area contributed by atoms with Gasteiger partial charge in [0.15, 0.2) is 12.3 Å². The molecule has 1 atom stereocenters. The molecule has 2 aromatic rings. The van der Waals surface area contributed by atoms with Crippen LogP contribution < -0.4 is 10.0 Å². The van der Waals surface area contributed by atoms with Gasteiger partial charge in [-0.25, -0.2) is 4.79 Å². The van der Waals surface area contributed by atoms with Crippen molar-refractivity contribution in [2.75, 3.05) is 5.32 Å². The first-order valence-electron chi connectivity index (χ1n) is 7.86. The number of pyridine rings is 1. The van der Waals surface area contributed by atoms with E-state index in [0.29, 0.717) is 10.4 Å². The number of nitrogens with one attached hydrogen (secondary N) is 1. The molecule has 1 amide bonds. The van der Waals surface area contributed by atoms with Gasteiger partial charge >= 0.3 is 11.7 Å². The zero-order valence-corrected chi connectivity index (χ0v) is 13.3. The average molecular weight is 326 g/mol. The molecule has 0 saturated heterocycles. The highest BCUT2D eigenvalue weighted by Crippen LogP contribution is 2.25. The fourth-order valence-electron chi connectivity index (χ4n) is 2.75. The molecule has 124 valence electrons. The van der Waals surface area contributed by atoms with Crippen molar-refractivity contribution in [2.45, 2.75) is 32.3 Å². The van der Waals surface area contributed by atoms with Crippen LogP contribution in [0.2, 0.25) is 0 Å². The van der Waals surface area contributed by atoms with Gasteiger partial charge in [-0.15, -0.1) is 0 Å². The Morgan fingerprint density at radius 3 is 2.79 bits per heavy atom. The second-order valence-electron chi connectivity index (χ2n) is 5.79. The third-order valence-electron chi connectivity index (χ3n) is 4.05. The van der Waals surface area contributed by atoms with Gasteiger partial charge in [0.25, 0.3) is 5.91 Å². The molecule has 3 rings (SSSR count). The van der Waals surface area contributed by atoms with E-state index in [1.807, 2.05) is 18.2 Å². The summed E-state index contributed by atoms with van der Waals surface area (Å²) < 4.78 is 5.48. The van der Waals surface area contributed by atoms with E-state index in [1.54, 1.807) is 6.07 Å². The van der Waals surface area contributed by atoms with Gasteiger partial charge in [-0.05, 0) is 55.5 Å². The van der Waals surface area contributed by atoms with Crippen LogP contribution in [0.1, 0.15) is 35.0 Å². The molecule has 0 saturated carbocycles. The number of aromatic nitrogens is 1. The monoisotopic (exact) mass is 326 g/mol. The van der Waals surface area contributed by atoms with Crippen LogP contribution in [0.3, 0.4) is 0 Å². The Kier molecular flexibility index (Phi) is 4.46. The summed E-state index contributed by atoms with van der Waals surface area (Å²) in [6.45, 7) is 1.47. The molecule has 1 N–H and O–H groups in total. The van der Waals surface area contributed by atoms with E-state index < -0.39 is 18.0 Å². The lowest BCUT2D eigenvalue weighted by Crippen LogP contribution is -2.37. The summed E-state index contributed by atoms with van der Waals surface area (Å²) in [5, 5.41) is 14.3. The van der Waals surface area contributed by atoms with E-state index in [0.717, 1.165) is 19.3 Å². The van der Waals surface area contributed by atoms with Crippen LogP contribution in [0.4, 0.5) is 5.69 Å². The highest BCUT2D eigenvalue weighted by Gasteiger charge is 2.24. The van der Waals surface area contributed by atoms with E-state index in [9.17, 15) is 14.8 Å². The SMILES string of the molecule is C[C@H](OC(=O)c1cccc[n+]1[O-])C(=O)Nc1ccc2c(c1)CCC2. The number of nitrogens with zero attached hydrogens (tertiary/aromatic N) is 1. The molecule has 6 heteroatoms. The number of fused-ring (bicyclic) bond motifs is 1. The number of amides is 1. The van der Waals surface area contributed by atoms with Crippen molar-refractivity contribution in [1.29, 1.82) is 0 Å². The van der Waals surface area contributed by atoms with Gasteiger partial charge in [-0.2, -0.15) is 4.73 Å². The molecule has 0 unspecified atom stereocenters. The summed E-state index contributed by atoms with van der Waals surface area (Å²) in [5.74, 6) is -1.27. The van der Waals surface area contributed by atoms with Gasteiger partial charge in [0.05, 0.1) is 0 Å². The van der Waals surface area contributed by atoms with Crippen LogP contribution in [0.15, 0.2) is 42.6 Å². The van der Waals surface area contributed by atoms with E-state index in [1.165, 1.54) is 36.4 Å². The molecule has 24 heavy (non-hydrogen) atoms. The summed E-state index contributed by atoms with van der Waals surface area (Å²) in [4.78, 5) is 24.2. The van der Waals surface area contributed by atoms with Crippen molar-refractivity contribution in [1.82, 2.24) is 0 Å². The second-order valence-corrected chi connectivity index (χ2v) is 5.79. The second kappa shape index (κ2) is 6.70. The van der Waals surface area contributed by atoms with Crippen LogP contribution in [-0.2, 0) is 22.4 Å². The number of hydrogen-bond acceptors (Lipinski definition) is 4. The summed E-state index contributed by atoms with van der Waals surface area (Å²) in [6.07, 6.45) is 3.41. The van der Waals surface area contributed by atoms with Crippen molar-refractivity contribution < 1.29 is 19.1 Å². The number of carbonyl (C=O) groups is 2. The van der Waals surface area contributed by atoms with E-state index >= 15 is 0 Å². The fourth-order valence-corrected chi connectivity index (χ4v) is 2.75. The lowest BCUT2D eigenvalue weighted by atomic mass is 10.1. The predicted molar refractivity (Wildman–Crippen MR) is 87.4 cm³/mol. The van der Waals surface area contributed by atoms with Crippen molar-refractivity contribution in [3.63, 3.8) is 0 Å². The molecule has 1 heterocycles. The maximum atomic E-state index is 12.2. The predicted octanol–water partition coefficient (Wildman–Crippen LogP) is 1.99. The molecule has 1 aromatic carbocycles. The Morgan fingerprint density at radius 1 is 1.21 bits per heavy atom. The average Bonchev–Trinajstić information content (AvgIpc) is 3.02. The van der Waals surface area contributed by atoms with Crippen LogP contribution in [0, 0.1) is 5.21 Å².